The van der Waals surface area contributed by atoms with Crippen molar-refractivity contribution in [1.82, 2.24) is 19.5 Å². The molecule has 0 unspecified atom stereocenters. The first kappa shape index (κ1) is 34.3. The Morgan fingerprint density at radius 2 is 0.678 bits per heavy atom. The predicted molar refractivity (Wildman–Crippen MR) is 244 cm³/mol. The molecule has 0 saturated heterocycles. The highest BCUT2D eigenvalue weighted by molar-refractivity contribution is 6.10. The van der Waals surface area contributed by atoms with Crippen molar-refractivity contribution in [2.45, 2.75) is 0 Å². The van der Waals surface area contributed by atoms with Gasteiger partial charge in [0.25, 0.3) is 0 Å². The number of nitrogens with zero attached hydrogens (tertiary/aromatic N) is 4. The summed E-state index contributed by atoms with van der Waals surface area (Å²) in [5.41, 5.74) is 12.8. The van der Waals surface area contributed by atoms with Gasteiger partial charge in [0.2, 0.25) is 0 Å². The standard InChI is InChI=1S/C55H36N4/c1-4-18-37(19-5-1)40-34-35-49(52(36-40)59-50-32-14-12-25-45(50)46-26-13-15-33-51(46)59)55-57-53(47-27-11-10-24-42(47)39-22-8-3-9-23-39)56-54(58-55)48-31-17-29-43-41(28-16-30-44(43)48)38-20-6-2-7-21-38/h1-36H. The minimum atomic E-state index is 0.598. The molecule has 4 heteroatoms. The zero-order valence-electron chi connectivity index (χ0n) is 32.1. The Morgan fingerprint density at radius 1 is 0.254 bits per heavy atom. The van der Waals surface area contributed by atoms with Crippen molar-refractivity contribution < 1.29 is 0 Å². The molecule has 2 heterocycles. The number of rotatable bonds is 7. The van der Waals surface area contributed by atoms with Crippen LogP contribution < -0.4 is 0 Å². The highest BCUT2D eigenvalue weighted by Crippen LogP contribution is 2.40. The van der Waals surface area contributed by atoms with Gasteiger partial charge in [-0.05, 0) is 68.4 Å². The molecule has 0 N–H and O–H groups in total. The highest BCUT2D eigenvalue weighted by Gasteiger charge is 2.22. The van der Waals surface area contributed by atoms with E-state index < -0.39 is 0 Å². The smallest absolute Gasteiger partial charge is 0.166 e. The molecule has 0 bridgehead atoms. The minimum absolute atomic E-state index is 0.598. The van der Waals surface area contributed by atoms with Gasteiger partial charge in [0, 0.05) is 27.5 Å². The van der Waals surface area contributed by atoms with Crippen LogP contribution in [0.2, 0.25) is 0 Å². The molecule has 0 amide bonds. The summed E-state index contributed by atoms with van der Waals surface area (Å²) in [6, 6.07) is 76.9. The molecule has 11 rings (SSSR count). The Labute approximate surface area is 342 Å². The molecule has 0 spiro atoms. The summed E-state index contributed by atoms with van der Waals surface area (Å²) in [4.78, 5) is 16.2. The van der Waals surface area contributed by atoms with Crippen LogP contribution in [0.15, 0.2) is 218 Å². The van der Waals surface area contributed by atoms with Crippen LogP contribution in [0.3, 0.4) is 0 Å². The van der Waals surface area contributed by atoms with E-state index in [1.807, 2.05) is 6.07 Å². The Bertz CT molecular complexity index is 3260. The zero-order valence-corrected chi connectivity index (χ0v) is 32.1. The van der Waals surface area contributed by atoms with Gasteiger partial charge in [-0.2, -0.15) is 0 Å². The SMILES string of the molecule is c1ccc(-c2ccc(-c3nc(-c4ccccc4-c4ccccc4)nc(-c4cccc5c(-c6ccccc6)cccc45)n3)c(-n3c4ccccc4c4ccccc43)c2)cc1. The third kappa shape index (κ3) is 6.06. The van der Waals surface area contributed by atoms with Gasteiger partial charge in [0.05, 0.1) is 16.7 Å². The van der Waals surface area contributed by atoms with Crippen LogP contribution >= 0.6 is 0 Å². The Morgan fingerprint density at radius 3 is 1.31 bits per heavy atom. The van der Waals surface area contributed by atoms with E-state index in [0.29, 0.717) is 17.5 Å². The van der Waals surface area contributed by atoms with Gasteiger partial charge in [-0.15, -0.1) is 0 Å². The van der Waals surface area contributed by atoms with Crippen LogP contribution in [-0.4, -0.2) is 19.5 Å². The van der Waals surface area contributed by atoms with Crippen molar-refractivity contribution in [3.63, 3.8) is 0 Å². The second-order valence-corrected chi connectivity index (χ2v) is 14.8. The largest absolute Gasteiger partial charge is 0.308 e. The molecule has 0 aliphatic carbocycles. The lowest BCUT2D eigenvalue weighted by atomic mass is 9.95. The van der Waals surface area contributed by atoms with E-state index in [2.05, 4.69) is 217 Å². The normalized spacial score (nSPS) is 11.4. The molecule has 0 fully saturated rings. The highest BCUT2D eigenvalue weighted by atomic mass is 15.1. The quantitative estimate of drug-likeness (QED) is 0.163. The Balaban J connectivity index is 1.22. The summed E-state index contributed by atoms with van der Waals surface area (Å²) in [5, 5.41) is 4.61. The molecule has 0 aliphatic heterocycles. The third-order valence-electron chi connectivity index (χ3n) is 11.3. The van der Waals surface area contributed by atoms with E-state index in [1.165, 1.54) is 21.9 Å². The van der Waals surface area contributed by atoms with Crippen LogP contribution in [0, 0.1) is 0 Å². The van der Waals surface area contributed by atoms with Gasteiger partial charge in [0.15, 0.2) is 17.5 Å². The summed E-state index contributed by atoms with van der Waals surface area (Å²) < 4.78 is 2.37. The first-order chi connectivity index (χ1) is 29.3. The molecule has 0 aliphatic rings. The van der Waals surface area contributed by atoms with E-state index in [4.69, 9.17) is 15.0 Å². The average Bonchev–Trinajstić information content (AvgIpc) is 3.66. The summed E-state index contributed by atoms with van der Waals surface area (Å²) in [6.45, 7) is 0. The van der Waals surface area contributed by atoms with Crippen molar-refractivity contribution in [2.75, 3.05) is 0 Å². The summed E-state index contributed by atoms with van der Waals surface area (Å²) in [7, 11) is 0. The van der Waals surface area contributed by atoms with Crippen molar-refractivity contribution in [2.24, 2.45) is 0 Å². The molecule has 9 aromatic carbocycles. The lowest BCUT2D eigenvalue weighted by molar-refractivity contribution is 1.07. The lowest BCUT2D eigenvalue weighted by Crippen LogP contribution is -2.04. The average molecular weight is 753 g/mol. The maximum atomic E-state index is 5.45. The van der Waals surface area contributed by atoms with Crippen LogP contribution in [0.1, 0.15) is 0 Å². The molecule has 2 aromatic heterocycles. The van der Waals surface area contributed by atoms with Gasteiger partial charge >= 0.3 is 0 Å². The number of aromatic nitrogens is 4. The maximum absolute atomic E-state index is 5.45. The van der Waals surface area contributed by atoms with Crippen LogP contribution in [0.5, 0.6) is 0 Å². The molecule has 59 heavy (non-hydrogen) atoms. The zero-order chi connectivity index (χ0) is 39.1. The summed E-state index contributed by atoms with van der Waals surface area (Å²) in [5.74, 6) is 1.82. The first-order valence-electron chi connectivity index (χ1n) is 20.0. The van der Waals surface area contributed by atoms with Crippen LogP contribution in [-0.2, 0) is 0 Å². The van der Waals surface area contributed by atoms with Gasteiger partial charge in [0.1, 0.15) is 0 Å². The number of fused-ring (bicyclic) bond motifs is 4. The molecule has 0 radical (unpaired) electrons. The number of para-hydroxylation sites is 2. The topological polar surface area (TPSA) is 43.6 Å². The van der Waals surface area contributed by atoms with Crippen molar-refractivity contribution in [3.05, 3.63) is 218 Å². The number of hydrogen-bond acceptors (Lipinski definition) is 3. The maximum Gasteiger partial charge on any atom is 0.166 e. The fraction of sp³-hybridized carbons (Fsp3) is 0. The van der Waals surface area contributed by atoms with E-state index in [0.717, 1.165) is 66.4 Å². The third-order valence-corrected chi connectivity index (χ3v) is 11.3. The molecule has 0 saturated carbocycles. The number of hydrogen-bond donors (Lipinski definition) is 0. The van der Waals surface area contributed by atoms with E-state index >= 15 is 0 Å². The fourth-order valence-electron chi connectivity index (χ4n) is 8.56. The van der Waals surface area contributed by atoms with Crippen LogP contribution in [0.25, 0.3) is 106 Å². The molecule has 276 valence electrons. The molecule has 0 atom stereocenters. The van der Waals surface area contributed by atoms with Crippen LogP contribution in [0.4, 0.5) is 0 Å². The Kier molecular flexibility index (Phi) is 8.45. The second kappa shape index (κ2) is 14.5. The predicted octanol–water partition coefficient (Wildman–Crippen LogP) is 14.1. The molecular formula is C55H36N4. The lowest BCUT2D eigenvalue weighted by Gasteiger charge is -2.17. The fourth-order valence-corrected chi connectivity index (χ4v) is 8.56. The summed E-state index contributed by atoms with van der Waals surface area (Å²) >= 11 is 0. The van der Waals surface area contributed by atoms with Gasteiger partial charge in [-0.3, -0.25) is 0 Å². The van der Waals surface area contributed by atoms with Gasteiger partial charge < -0.3 is 4.57 Å². The second-order valence-electron chi connectivity index (χ2n) is 14.8. The van der Waals surface area contributed by atoms with Gasteiger partial charge in [-0.25, -0.2) is 15.0 Å². The molecule has 11 aromatic rings. The van der Waals surface area contributed by atoms with Crippen molar-refractivity contribution >= 4 is 32.6 Å². The van der Waals surface area contributed by atoms with E-state index in [-0.39, 0.29) is 0 Å². The van der Waals surface area contributed by atoms with Gasteiger partial charge in [-0.1, -0.05) is 194 Å². The monoisotopic (exact) mass is 752 g/mol. The molecule has 4 nitrogen and oxygen atoms in total. The van der Waals surface area contributed by atoms with E-state index in [1.54, 1.807) is 0 Å². The van der Waals surface area contributed by atoms with Crippen molar-refractivity contribution in [1.29, 1.82) is 0 Å². The Hall–Kier alpha value is -7.95. The van der Waals surface area contributed by atoms with E-state index in [9.17, 15) is 0 Å². The first-order valence-corrected chi connectivity index (χ1v) is 20.0. The van der Waals surface area contributed by atoms with Crippen molar-refractivity contribution in [3.8, 4) is 73.2 Å². The minimum Gasteiger partial charge on any atom is -0.308 e. The summed E-state index contributed by atoms with van der Waals surface area (Å²) in [6.07, 6.45) is 0. The molecular weight excluding hydrogens is 717 g/mol. The number of benzene rings is 9.